The molecule has 1 aliphatic heterocycles. The summed E-state index contributed by atoms with van der Waals surface area (Å²) in [6.07, 6.45) is 0.680. The zero-order valence-electron chi connectivity index (χ0n) is 20.9. The average Bonchev–Trinajstić information content (AvgIpc) is 3.12. The van der Waals surface area contributed by atoms with Gasteiger partial charge in [0.05, 0.1) is 22.3 Å². The maximum atomic E-state index is 12.8. The second-order valence-corrected chi connectivity index (χ2v) is 11.7. The van der Waals surface area contributed by atoms with Crippen LogP contribution in [-0.4, -0.2) is 72.3 Å². The normalized spacial score (nSPS) is 20.0. The van der Waals surface area contributed by atoms with Crippen molar-refractivity contribution in [2.45, 2.75) is 64.5 Å². The van der Waals surface area contributed by atoms with E-state index in [0.717, 1.165) is 16.2 Å². The minimum absolute atomic E-state index is 0.0800. The standard InChI is InChI=1S/C24H36N4O5S/c1-7-28-21-9-8-19(34(31,32)26(5)6)13-20(21)25-22(28)10-11-23(29)33-18(4)24(30)27-14-16(2)12-17(3)15-27/h8-9,13,16-18H,7,10-12,14-15H2,1-6H3/t16-,17+,18-/m1/s1. The molecule has 10 heteroatoms. The predicted molar refractivity (Wildman–Crippen MR) is 130 cm³/mol. The second-order valence-electron chi connectivity index (χ2n) is 9.53. The molecule has 0 spiro atoms. The Balaban J connectivity index is 1.67. The van der Waals surface area contributed by atoms with E-state index in [9.17, 15) is 18.0 Å². The zero-order valence-corrected chi connectivity index (χ0v) is 21.8. The van der Waals surface area contributed by atoms with E-state index in [1.165, 1.54) is 14.1 Å². The number of aryl methyl sites for hydroxylation is 2. The van der Waals surface area contributed by atoms with E-state index in [1.54, 1.807) is 30.0 Å². The molecule has 0 bridgehead atoms. The van der Waals surface area contributed by atoms with Crippen molar-refractivity contribution < 1.29 is 22.7 Å². The minimum Gasteiger partial charge on any atom is -0.453 e. The van der Waals surface area contributed by atoms with Crippen LogP contribution in [0.15, 0.2) is 23.1 Å². The van der Waals surface area contributed by atoms with E-state index >= 15 is 0 Å². The van der Waals surface area contributed by atoms with Gasteiger partial charge in [-0.05, 0) is 50.3 Å². The molecule has 34 heavy (non-hydrogen) atoms. The number of nitrogens with zero attached hydrogens (tertiary/aromatic N) is 4. The number of carbonyl (C=O) groups is 2. The lowest BCUT2D eigenvalue weighted by molar-refractivity contribution is -0.160. The summed E-state index contributed by atoms with van der Waals surface area (Å²) < 4.78 is 33.5. The van der Waals surface area contributed by atoms with Crippen LogP contribution in [0.25, 0.3) is 11.0 Å². The summed E-state index contributed by atoms with van der Waals surface area (Å²) in [7, 11) is -0.597. The predicted octanol–water partition coefficient (Wildman–Crippen LogP) is 2.68. The van der Waals surface area contributed by atoms with E-state index in [-0.39, 0.29) is 17.2 Å². The fraction of sp³-hybridized carbons (Fsp3) is 0.625. The van der Waals surface area contributed by atoms with Crippen LogP contribution in [0, 0.1) is 11.8 Å². The molecule has 0 aliphatic carbocycles. The number of benzene rings is 1. The first-order valence-corrected chi connectivity index (χ1v) is 13.3. The van der Waals surface area contributed by atoms with Crippen molar-refractivity contribution in [1.29, 1.82) is 0 Å². The molecule has 1 aromatic carbocycles. The van der Waals surface area contributed by atoms with Crippen molar-refractivity contribution >= 4 is 32.9 Å². The third-order valence-corrected chi connectivity index (χ3v) is 8.09. The van der Waals surface area contributed by atoms with Gasteiger partial charge < -0.3 is 14.2 Å². The topological polar surface area (TPSA) is 102 Å². The second kappa shape index (κ2) is 10.4. The van der Waals surface area contributed by atoms with Gasteiger partial charge in [0, 0.05) is 40.2 Å². The van der Waals surface area contributed by atoms with Gasteiger partial charge in [-0.25, -0.2) is 17.7 Å². The van der Waals surface area contributed by atoms with E-state index in [2.05, 4.69) is 18.8 Å². The molecule has 1 aliphatic rings. The van der Waals surface area contributed by atoms with Gasteiger partial charge in [0.15, 0.2) is 6.10 Å². The van der Waals surface area contributed by atoms with Crippen molar-refractivity contribution in [3.63, 3.8) is 0 Å². The van der Waals surface area contributed by atoms with Crippen LogP contribution < -0.4 is 0 Å². The molecule has 3 atom stereocenters. The molecule has 0 unspecified atom stereocenters. The number of piperidine rings is 1. The Morgan fingerprint density at radius 2 is 1.85 bits per heavy atom. The summed E-state index contributed by atoms with van der Waals surface area (Å²) in [5.41, 5.74) is 1.37. The Bertz CT molecular complexity index is 1150. The van der Waals surface area contributed by atoms with Crippen LogP contribution in [0.1, 0.15) is 46.4 Å². The summed E-state index contributed by atoms with van der Waals surface area (Å²) in [5, 5.41) is 0. The molecular weight excluding hydrogens is 456 g/mol. The van der Waals surface area contributed by atoms with Gasteiger partial charge in [-0.2, -0.15) is 0 Å². The first kappa shape index (κ1) is 26.2. The van der Waals surface area contributed by atoms with Crippen molar-refractivity contribution in [1.82, 2.24) is 18.8 Å². The summed E-state index contributed by atoms with van der Waals surface area (Å²) >= 11 is 0. The van der Waals surface area contributed by atoms with Gasteiger partial charge >= 0.3 is 5.97 Å². The highest BCUT2D eigenvalue weighted by molar-refractivity contribution is 7.89. The number of hydrogen-bond acceptors (Lipinski definition) is 6. The lowest BCUT2D eigenvalue weighted by Crippen LogP contribution is -2.47. The van der Waals surface area contributed by atoms with Gasteiger partial charge in [0.2, 0.25) is 10.0 Å². The number of likely N-dealkylation sites (tertiary alicyclic amines) is 1. The van der Waals surface area contributed by atoms with Gasteiger partial charge in [0.1, 0.15) is 5.82 Å². The summed E-state index contributed by atoms with van der Waals surface area (Å²) in [6, 6.07) is 4.87. The average molecular weight is 493 g/mol. The van der Waals surface area contributed by atoms with Gasteiger partial charge in [-0.3, -0.25) is 9.59 Å². The van der Waals surface area contributed by atoms with Crippen LogP contribution in [0.2, 0.25) is 0 Å². The smallest absolute Gasteiger partial charge is 0.307 e. The van der Waals surface area contributed by atoms with Crippen LogP contribution in [0.5, 0.6) is 0 Å². The molecule has 9 nitrogen and oxygen atoms in total. The van der Waals surface area contributed by atoms with E-state index in [4.69, 9.17) is 4.74 Å². The SMILES string of the molecule is CCn1c(CCC(=O)O[C@H](C)C(=O)N2C[C@H](C)C[C@H](C)C2)nc2cc(S(=O)(=O)N(C)C)ccc21. The summed E-state index contributed by atoms with van der Waals surface area (Å²) in [5.74, 6) is 0.940. The van der Waals surface area contributed by atoms with Crippen molar-refractivity contribution in [2.24, 2.45) is 11.8 Å². The molecule has 0 N–H and O–H groups in total. The van der Waals surface area contributed by atoms with E-state index < -0.39 is 22.1 Å². The van der Waals surface area contributed by atoms with Gasteiger partial charge in [0.25, 0.3) is 5.91 Å². The van der Waals surface area contributed by atoms with Crippen LogP contribution in [0.3, 0.4) is 0 Å². The fourth-order valence-electron chi connectivity index (χ4n) is 4.69. The molecule has 0 radical (unpaired) electrons. The third-order valence-electron chi connectivity index (χ3n) is 6.28. The van der Waals surface area contributed by atoms with Gasteiger partial charge in [-0.1, -0.05) is 13.8 Å². The molecule has 3 rings (SSSR count). The number of hydrogen-bond donors (Lipinski definition) is 0. The molecule has 2 heterocycles. The van der Waals surface area contributed by atoms with Crippen molar-refractivity contribution in [2.75, 3.05) is 27.2 Å². The maximum Gasteiger partial charge on any atom is 0.307 e. The number of amides is 1. The largest absolute Gasteiger partial charge is 0.453 e. The van der Waals surface area contributed by atoms with Crippen LogP contribution >= 0.6 is 0 Å². The highest BCUT2D eigenvalue weighted by Gasteiger charge is 2.30. The first-order valence-electron chi connectivity index (χ1n) is 11.8. The van der Waals surface area contributed by atoms with E-state index in [0.29, 0.717) is 49.2 Å². The number of ether oxygens (including phenoxy) is 1. The Hall–Kier alpha value is -2.46. The lowest BCUT2D eigenvalue weighted by atomic mass is 9.91. The molecule has 1 fully saturated rings. The Morgan fingerprint density at radius 1 is 1.21 bits per heavy atom. The Kier molecular flexibility index (Phi) is 8.02. The van der Waals surface area contributed by atoms with Crippen molar-refractivity contribution in [3.05, 3.63) is 24.0 Å². The number of rotatable bonds is 8. The van der Waals surface area contributed by atoms with Crippen molar-refractivity contribution in [3.8, 4) is 0 Å². The number of aromatic nitrogens is 2. The number of esters is 1. The minimum atomic E-state index is -3.57. The monoisotopic (exact) mass is 492 g/mol. The van der Waals surface area contributed by atoms with Gasteiger partial charge in [-0.15, -0.1) is 0 Å². The lowest BCUT2D eigenvalue weighted by Gasteiger charge is -2.36. The quantitative estimate of drug-likeness (QED) is 0.525. The van der Waals surface area contributed by atoms with E-state index in [1.807, 2.05) is 11.5 Å². The number of fused-ring (bicyclic) bond motifs is 1. The molecular formula is C24H36N4O5S. The number of carbonyl (C=O) groups excluding carboxylic acids is 2. The zero-order chi connectivity index (χ0) is 25.2. The molecule has 2 aromatic rings. The molecule has 1 saturated heterocycles. The molecule has 0 saturated carbocycles. The molecule has 1 aromatic heterocycles. The Labute approximate surface area is 202 Å². The fourth-order valence-corrected chi connectivity index (χ4v) is 5.62. The molecule has 1 amide bonds. The third kappa shape index (κ3) is 5.60. The summed E-state index contributed by atoms with van der Waals surface area (Å²) in [4.78, 5) is 31.8. The number of sulfonamides is 1. The van der Waals surface area contributed by atoms with Crippen LogP contribution in [0.4, 0.5) is 0 Å². The number of imidazole rings is 1. The maximum absolute atomic E-state index is 12.8. The first-order chi connectivity index (χ1) is 15.9. The highest BCUT2D eigenvalue weighted by Crippen LogP contribution is 2.24. The molecule has 188 valence electrons. The Morgan fingerprint density at radius 3 is 2.44 bits per heavy atom. The highest BCUT2D eigenvalue weighted by atomic mass is 32.2. The summed E-state index contributed by atoms with van der Waals surface area (Å²) in [6.45, 7) is 9.86. The van der Waals surface area contributed by atoms with Crippen LogP contribution in [-0.2, 0) is 37.3 Å².